The van der Waals surface area contributed by atoms with Crippen molar-refractivity contribution in [2.75, 3.05) is 12.3 Å². The highest BCUT2D eigenvalue weighted by molar-refractivity contribution is 7.89. The summed E-state index contributed by atoms with van der Waals surface area (Å²) in [5.74, 6) is 0. The van der Waals surface area contributed by atoms with E-state index in [1.807, 2.05) is 0 Å². The molecule has 0 aliphatic heterocycles. The van der Waals surface area contributed by atoms with Crippen LogP contribution < -0.4 is 10.5 Å². The Balaban J connectivity index is 2.54. The second-order valence-corrected chi connectivity index (χ2v) is 5.99. The molecule has 1 atom stereocenters. The largest absolute Gasteiger partial charge is 0.398 e. The normalized spacial score (nSPS) is 13.6. The summed E-state index contributed by atoms with van der Waals surface area (Å²) in [5, 5.41) is 9.74. The van der Waals surface area contributed by atoms with E-state index >= 15 is 0 Å². The van der Waals surface area contributed by atoms with Gasteiger partial charge in [0.2, 0.25) is 10.0 Å². The zero-order valence-corrected chi connectivity index (χ0v) is 11.2. The first-order valence-electron chi connectivity index (χ1n) is 5.73. The quantitative estimate of drug-likeness (QED) is 0.707. The molecule has 0 bridgehead atoms. The standard InChI is InChI=1S/C12H15N3O3S/c1-8(16)7-15-19(17,18)11-5-4-10(13)9-3-2-6-14-12(9)11/h2-6,8,15-16H,7,13H2,1H3. The molecule has 0 aliphatic carbocycles. The third-order valence-corrected chi connectivity index (χ3v) is 4.08. The molecule has 1 heterocycles. The minimum Gasteiger partial charge on any atom is -0.398 e. The molecule has 1 unspecified atom stereocenters. The van der Waals surface area contributed by atoms with Crippen LogP contribution in [0.3, 0.4) is 0 Å². The van der Waals surface area contributed by atoms with Gasteiger partial charge in [0.05, 0.1) is 11.6 Å². The first-order valence-corrected chi connectivity index (χ1v) is 7.21. The second-order valence-electron chi connectivity index (χ2n) is 4.25. The van der Waals surface area contributed by atoms with Gasteiger partial charge < -0.3 is 10.8 Å². The van der Waals surface area contributed by atoms with E-state index in [0.717, 1.165) is 0 Å². The zero-order chi connectivity index (χ0) is 14.0. The molecule has 7 heteroatoms. The van der Waals surface area contributed by atoms with Crippen molar-refractivity contribution in [1.82, 2.24) is 9.71 Å². The van der Waals surface area contributed by atoms with Crippen LogP contribution in [0.2, 0.25) is 0 Å². The van der Waals surface area contributed by atoms with E-state index in [0.29, 0.717) is 16.6 Å². The van der Waals surface area contributed by atoms with Crippen molar-refractivity contribution in [2.24, 2.45) is 0 Å². The van der Waals surface area contributed by atoms with Crippen LogP contribution in [0.1, 0.15) is 6.92 Å². The van der Waals surface area contributed by atoms with Gasteiger partial charge in [-0.1, -0.05) is 0 Å². The predicted molar refractivity (Wildman–Crippen MR) is 73.0 cm³/mol. The Bertz CT molecular complexity index is 698. The van der Waals surface area contributed by atoms with E-state index in [9.17, 15) is 8.42 Å². The van der Waals surface area contributed by atoms with E-state index in [4.69, 9.17) is 10.8 Å². The smallest absolute Gasteiger partial charge is 0.242 e. The molecule has 0 saturated carbocycles. The van der Waals surface area contributed by atoms with Crippen molar-refractivity contribution in [1.29, 1.82) is 0 Å². The number of aromatic nitrogens is 1. The van der Waals surface area contributed by atoms with Crippen LogP contribution in [-0.2, 0) is 10.0 Å². The van der Waals surface area contributed by atoms with Crippen molar-refractivity contribution in [3.8, 4) is 0 Å². The number of aliphatic hydroxyl groups excluding tert-OH is 1. The van der Waals surface area contributed by atoms with Crippen LogP contribution in [-0.4, -0.2) is 31.2 Å². The van der Waals surface area contributed by atoms with Crippen LogP contribution in [0.25, 0.3) is 10.9 Å². The van der Waals surface area contributed by atoms with Crippen molar-refractivity contribution in [3.05, 3.63) is 30.5 Å². The Kier molecular flexibility index (Phi) is 3.70. The molecule has 2 aromatic rings. The van der Waals surface area contributed by atoms with E-state index in [-0.39, 0.29) is 11.4 Å². The van der Waals surface area contributed by atoms with E-state index in [2.05, 4.69) is 9.71 Å². The molecule has 4 N–H and O–H groups in total. The maximum atomic E-state index is 12.2. The zero-order valence-electron chi connectivity index (χ0n) is 10.4. The van der Waals surface area contributed by atoms with Crippen molar-refractivity contribution in [3.63, 3.8) is 0 Å². The summed E-state index contributed by atoms with van der Waals surface area (Å²) in [6.07, 6.45) is 0.748. The molecule has 0 amide bonds. The highest BCUT2D eigenvalue weighted by Crippen LogP contribution is 2.25. The molecule has 102 valence electrons. The molecular weight excluding hydrogens is 266 g/mol. The number of nitrogens with zero attached hydrogens (tertiary/aromatic N) is 1. The number of sulfonamides is 1. The van der Waals surface area contributed by atoms with E-state index in [1.54, 1.807) is 12.1 Å². The third kappa shape index (κ3) is 2.83. The lowest BCUT2D eigenvalue weighted by atomic mass is 10.2. The summed E-state index contributed by atoms with van der Waals surface area (Å²) in [5.41, 5.74) is 6.59. The van der Waals surface area contributed by atoms with Crippen molar-refractivity contribution < 1.29 is 13.5 Å². The first-order chi connectivity index (χ1) is 8.92. The summed E-state index contributed by atoms with van der Waals surface area (Å²) < 4.78 is 26.6. The number of aliphatic hydroxyl groups is 1. The number of nitrogens with two attached hydrogens (primary N) is 1. The number of hydrogen-bond acceptors (Lipinski definition) is 5. The number of nitrogen functional groups attached to an aromatic ring is 1. The predicted octanol–water partition coefficient (Wildman–Crippen LogP) is 0.476. The first kappa shape index (κ1) is 13.7. The lowest BCUT2D eigenvalue weighted by Gasteiger charge is -2.11. The summed E-state index contributed by atoms with van der Waals surface area (Å²) in [6.45, 7) is 1.45. The van der Waals surface area contributed by atoms with Gasteiger partial charge in [-0.15, -0.1) is 0 Å². The molecular formula is C12H15N3O3S. The molecule has 1 aromatic heterocycles. The fourth-order valence-electron chi connectivity index (χ4n) is 1.69. The van der Waals surface area contributed by atoms with Crippen LogP contribution in [0.4, 0.5) is 5.69 Å². The minimum absolute atomic E-state index is 0.0537. The number of pyridine rings is 1. The molecule has 0 aliphatic rings. The summed E-state index contributed by atoms with van der Waals surface area (Å²) >= 11 is 0. The third-order valence-electron chi connectivity index (χ3n) is 2.62. The Morgan fingerprint density at radius 2 is 2.16 bits per heavy atom. The SMILES string of the molecule is CC(O)CNS(=O)(=O)c1ccc(N)c2cccnc12. The van der Waals surface area contributed by atoms with Gasteiger partial charge in [-0.25, -0.2) is 13.1 Å². The lowest BCUT2D eigenvalue weighted by molar-refractivity contribution is 0.198. The summed E-state index contributed by atoms with van der Waals surface area (Å²) in [6, 6.07) is 6.35. The average molecular weight is 281 g/mol. The summed E-state index contributed by atoms with van der Waals surface area (Å²) in [7, 11) is -3.73. The number of nitrogens with one attached hydrogen (secondary N) is 1. The maximum Gasteiger partial charge on any atom is 0.242 e. The number of hydrogen-bond donors (Lipinski definition) is 3. The van der Waals surface area contributed by atoms with Gasteiger partial charge in [-0.2, -0.15) is 0 Å². The molecule has 1 aromatic carbocycles. The average Bonchev–Trinajstić information content (AvgIpc) is 2.37. The highest BCUT2D eigenvalue weighted by atomic mass is 32.2. The topological polar surface area (TPSA) is 105 Å². The van der Waals surface area contributed by atoms with Gasteiger partial charge in [-0.3, -0.25) is 4.98 Å². The minimum atomic E-state index is -3.73. The Hall–Kier alpha value is -1.70. The van der Waals surface area contributed by atoms with E-state index < -0.39 is 16.1 Å². The molecule has 0 radical (unpaired) electrons. The van der Waals surface area contributed by atoms with Gasteiger partial charge in [0, 0.05) is 23.8 Å². The van der Waals surface area contributed by atoms with Gasteiger partial charge in [0.25, 0.3) is 0 Å². The number of benzene rings is 1. The fraction of sp³-hybridized carbons (Fsp3) is 0.250. The van der Waals surface area contributed by atoms with Gasteiger partial charge in [-0.05, 0) is 31.2 Å². The van der Waals surface area contributed by atoms with Gasteiger partial charge in [0.1, 0.15) is 4.90 Å². The molecule has 0 saturated heterocycles. The monoisotopic (exact) mass is 281 g/mol. The van der Waals surface area contributed by atoms with Crippen molar-refractivity contribution >= 4 is 26.6 Å². The van der Waals surface area contributed by atoms with Gasteiger partial charge in [0.15, 0.2) is 0 Å². The molecule has 6 nitrogen and oxygen atoms in total. The Labute approximate surface area is 111 Å². The van der Waals surface area contributed by atoms with Crippen molar-refractivity contribution in [2.45, 2.75) is 17.9 Å². The fourth-order valence-corrected chi connectivity index (χ4v) is 2.97. The van der Waals surface area contributed by atoms with E-state index in [1.165, 1.54) is 25.3 Å². The Morgan fingerprint density at radius 3 is 2.84 bits per heavy atom. The lowest BCUT2D eigenvalue weighted by Crippen LogP contribution is -2.30. The highest BCUT2D eigenvalue weighted by Gasteiger charge is 2.19. The number of rotatable bonds is 4. The van der Waals surface area contributed by atoms with Crippen LogP contribution in [0.15, 0.2) is 35.4 Å². The van der Waals surface area contributed by atoms with Gasteiger partial charge >= 0.3 is 0 Å². The van der Waals surface area contributed by atoms with Crippen LogP contribution in [0, 0.1) is 0 Å². The molecule has 2 rings (SSSR count). The van der Waals surface area contributed by atoms with Crippen LogP contribution >= 0.6 is 0 Å². The molecule has 19 heavy (non-hydrogen) atoms. The maximum absolute atomic E-state index is 12.2. The molecule has 0 fully saturated rings. The number of anilines is 1. The second kappa shape index (κ2) is 5.12. The molecule has 0 spiro atoms. The number of fused-ring (bicyclic) bond motifs is 1. The summed E-state index contributed by atoms with van der Waals surface area (Å²) in [4.78, 5) is 4.13. The Morgan fingerprint density at radius 1 is 1.42 bits per heavy atom. The van der Waals surface area contributed by atoms with Crippen LogP contribution in [0.5, 0.6) is 0 Å².